The van der Waals surface area contributed by atoms with Crippen molar-refractivity contribution in [2.45, 2.75) is 31.9 Å². The minimum Gasteiger partial charge on any atom is -0.491 e. The molecule has 0 radical (unpaired) electrons. The van der Waals surface area contributed by atoms with Crippen LogP contribution < -0.4 is 15.4 Å². The lowest BCUT2D eigenvalue weighted by Gasteiger charge is -2.13. The van der Waals surface area contributed by atoms with Crippen LogP contribution in [0, 0.1) is 0 Å². The highest BCUT2D eigenvalue weighted by Crippen LogP contribution is 2.19. The molecule has 1 amide bonds. The summed E-state index contributed by atoms with van der Waals surface area (Å²) in [5, 5.41) is 15.7. The maximum Gasteiger partial charge on any atom is 0.221 e. The van der Waals surface area contributed by atoms with Gasteiger partial charge in [-0.05, 0) is 25.0 Å². The van der Waals surface area contributed by atoms with Crippen molar-refractivity contribution in [2.75, 3.05) is 18.5 Å². The number of nitrogens with one attached hydrogen (secondary N) is 2. The molecule has 0 bridgehead atoms. The van der Waals surface area contributed by atoms with Crippen LogP contribution in [0.25, 0.3) is 0 Å². The van der Waals surface area contributed by atoms with Crippen molar-refractivity contribution >= 4 is 11.6 Å². The molecule has 3 N–H and O–H groups in total. The second-order valence-corrected chi connectivity index (χ2v) is 4.86. The third-order valence-corrected chi connectivity index (χ3v) is 2.82. The Kier molecular flexibility index (Phi) is 4.76. The summed E-state index contributed by atoms with van der Waals surface area (Å²) in [5.74, 6) is 0.516. The first-order chi connectivity index (χ1) is 9.13. The lowest BCUT2D eigenvalue weighted by atomic mass is 10.3. The van der Waals surface area contributed by atoms with E-state index in [1.807, 2.05) is 0 Å². The summed E-state index contributed by atoms with van der Waals surface area (Å²) in [6, 6.07) is 7.71. The first kappa shape index (κ1) is 13.8. The van der Waals surface area contributed by atoms with Crippen LogP contribution in [-0.2, 0) is 4.79 Å². The molecule has 0 spiro atoms. The fourth-order valence-electron chi connectivity index (χ4n) is 1.71. The normalized spacial score (nSPS) is 15.9. The van der Waals surface area contributed by atoms with Crippen LogP contribution in [0.1, 0.15) is 19.8 Å². The van der Waals surface area contributed by atoms with Gasteiger partial charge in [-0.1, -0.05) is 6.07 Å². The molecule has 1 atom stereocenters. The molecule has 1 aromatic rings. The zero-order valence-electron chi connectivity index (χ0n) is 11.1. The molecule has 2 rings (SSSR count). The Morgan fingerprint density at radius 3 is 3.00 bits per heavy atom. The Bertz CT molecular complexity index is 432. The van der Waals surface area contributed by atoms with Crippen LogP contribution in [0.3, 0.4) is 0 Å². The third-order valence-electron chi connectivity index (χ3n) is 2.82. The van der Waals surface area contributed by atoms with E-state index in [0.29, 0.717) is 24.0 Å². The van der Waals surface area contributed by atoms with Crippen LogP contribution in [0.4, 0.5) is 5.69 Å². The topological polar surface area (TPSA) is 70.6 Å². The van der Waals surface area contributed by atoms with E-state index in [1.54, 1.807) is 24.3 Å². The number of hydrogen-bond donors (Lipinski definition) is 3. The van der Waals surface area contributed by atoms with Gasteiger partial charge >= 0.3 is 0 Å². The number of ether oxygens (including phenoxy) is 1. The van der Waals surface area contributed by atoms with E-state index in [2.05, 4.69) is 10.6 Å². The van der Waals surface area contributed by atoms with Gasteiger partial charge in [-0.2, -0.15) is 0 Å². The number of anilines is 1. The molecule has 19 heavy (non-hydrogen) atoms. The van der Waals surface area contributed by atoms with E-state index in [4.69, 9.17) is 4.74 Å². The summed E-state index contributed by atoms with van der Waals surface area (Å²) in [7, 11) is 0. The molecule has 0 aromatic heterocycles. The van der Waals surface area contributed by atoms with Gasteiger partial charge in [0.2, 0.25) is 5.91 Å². The van der Waals surface area contributed by atoms with E-state index < -0.39 is 6.10 Å². The average Bonchev–Trinajstić information content (AvgIpc) is 3.17. The molecule has 5 nitrogen and oxygen atoms in total. The predicted molar refractivity (Wildman–Crippen MR) is 73.3 cm³/mol. The van der Waals surface area contributed by atoms with Crippen molar-refractivity contribution in [3.8, 4) is 5.75 Å². The zero-order chi connectivity index (χ0) is 13.7. The zero-order valence-corrected chi connectivity index (χ0v) is 11.1. The SMILES string of the molecule is CC(=O)Nc1cccc(OCC(O)CNC2CC2)c1. The van der Waals surface area contributed by atoms with Gasteiger partial charge in [-0.3, -0.25) is 4.79 Å². The van der Waals surface area contributed by atoms with E-state index in [0.717, 1.165) is 0 Å². The van der Waals surface area contributed by atoms with Gasteiger partial charge in [0.05, 0.1) is 0 Å². The van der Waals surface area contributed by atoms with Crippen LogP contribution in [-0.4, -0.2) is 36.3 Å². The Hall–Kier alpha value is -1.59. The molecule has 1 aliphatic rings. The van der Waals surface area contributed by atoms with Crippen molar-refractivity contribution in [1.82, 2.24) is 5.32 Å². The summed E-state index contributed by atoms with van der Waals surface area (Å²) < 4.78 is 5.50. The van der Waals surface area contributed by atoms with Crippen molar-refractivity contribution in [3.63, 3.8) is 0 Å². The Balaban J connectivity index is 1.75. The van der Waals surface area contributed by atoms with Gasteiger partial charge in [-0.15, -0.1) is 0 Å². The van der Waals surface area contributed by atoms with E-state index >= 15 is 0 Å². The molecular formula is C14H20N2O3. The highest BCUT2D eigenvalue weighted by atomic mass is 16.5. The van der Waals surface area contributed by atoms with Gasteiger partial charge in [-0.25, -0.2) is 0 Å². The Labute approximate surface area is 113 Å². The first-order valence-electron chi connectivity index (χ1n) is 6.55. The number of carbonyl (C=O) groups excluding carboxylic acids is 1. The van der Waals surface area contributed by atoms with Gasteiger partial charge in [0.1, 0.15) is 18.5 Å². The standard InChI is InChI=1S/C14H20N2O3/c1-10(17)16-12-3-2-4-14(7-12)19-9-13(18)8-15-11-5-6-11/h2-4,7,11,13,15,18H,5-6,8-9H2,1H3,(H,16,17). The van der Waals surface area contributed by atoms with Crippen LogP contribution in [0.5, 0.6) is 5.75 Å². The fraction of sp³-hybridized carbons (Fsp3) is 0.500. The lowest BCUT2D eigenvalue weighted by molar-refractivity contribution is -0.114. The molecule has 1 aromatic carbocycles. The molecule has 0 saturated heterocycles. The minimum atomic E-state index is -0.523. The van der Waals surface area contributed by atoms with Crippen molar-refractivity contribution < 1.29 is 14.6 Å². The molecule has 0 heterocycles. The van der Waals surface area contributed by atoms with Gasteiger partial charge in [0, 0.05) is 31.3 Å². The number of amides is 1. The number of carbonyl (C=O) groups is 1. The van der Waals surface area contributed by atoms with Gasteiger partial charge in [0.25, 0.3) is 0 Å². The van der Waals surface area contributed by atoms with Crippen molar-refractivity contribution in [2.24, 2.45) is 0 Å². The maximum atomic E-state index is 10.9. The Morgan fingerprint density at radius 2 is 2.32 bits per heavy atom. The van der Waals surface area contributed by atoms with Crippen molar-refractivity contribution in [1.29, 1.82) is 0 Å². The van der Waals surface area contributed by atoms with E-state index in [1.165, 1.54) is 19.8 Å². The minimum absolute atomic E-state index is 0.120. The predicted octanol–water partition coefficient (Wildman–Crippen LogP) is 1.14. The monoisotopic (exact) mass is 264 g/mol. The number of aliphatic hydroxyl groups excluding tert-OH is 1. The number of hydrogen-bond acceptors (Lipinski definition) is 4. The summed E-state index contributed by atoms with van der Waals surface area (Å²) in [6.45, 7) is 2.25. The van der Waals surface area contributed by atoms with Gasteiger partial charge < -0.3 is 20.5 Å². The Morgan fingerprint density at radius 1 is 1.53 bits per heavy atom. The molecule has 1 saturated carbocycles. The highest BCUT2D eigenvalue weighted by Gasteiger charge is 2.21. The van der Waals surface area contributed by atoms with Crippen LogP contribution >= 0.6 is 0 Å². The molecule has 0 aliphatic heterocycles. The molecule has 5 heteroatoms. The van der Waals surface area contributed by atoms with Crippen molar-refractivity contribution in [3.05, 3.63) is 24.3 Å². The summed E-state index contributed by atoms with van der Waals surface area (Å²) in [4.78, 5) is 10.9. The number of benzene rings is 1. The second-order valence-electron chi connectivity index (χ2n) is 4.86. The molecular weight excluding hydrogens is 244 g/mol. The number of rotatable bonds is 7. The molecule has 104 valence electrons. The molecule has 1 aliphatic carbocycles. The summed E-state index contributed by atoms with van der Waals surface area (Å²) in [6.07, 6.45) is 1.88. The highest BCUT2D eigenvalue weighted by molar-refractivity contribution is 5.88. The summed E-state index contributed by atoms with van der Waals surface area (Å²) >= 11 is 0. The second kappa shape index (κ2) is 6.54. The third kappa shape index (κ3) is 5.28. The molecule has 1 unspecified atom stereocenters. The van der Waals surface area contributed by atoms with E-state index in [9.17, 15) is 9.90 Å². The smallest absolute Gasteiger partial charge is 0.221 e. The van der Waals surface area contributed by atoms with E-state index in [-0.39, 0.29) is 12.5 Å². The fourth-order valence-corrected chi connectivity index (χ4v) is 1.71. The van der Waals surface area contributed by atoms with Crippen LogP contribution in [0.15, 0.2) is 24.3 Å². The summed E-state index contributed by atoms with van der Waals surface area (Å²) in [5.41, 5.74) is 0.690. The number of aliphatic hydroxyl groups is 1. The first-order valence-corrected chi connectivity index (χ1v) is 6.55. The lowest BCUT2D eigenvalue weighted by Crippen LogP contribution is -2.32. The molecule has 1 fully saturated rings. The maximum absolute atomic E-state index is 10.9. The van der Waals surface area contributed by atoms with Crippen LogP contribution in [0.2, 0.25) is 0 Å². The van der Waals surface area contributed by atoms with Gasteiger partial charge in [0.15, 0.2) is 0 Å². The average molecular weight is 264 g/mol. The quantitative estimate of drug-likeness (QED) is 0.690. The largest absolute Gasteiger partial charge is 0.491 e.